The highest BCUT2D eigenvalue weighted by Crippen LogP contribution is 2.25. The average Bonchev–Trinajstić information content (AvgIpc) is 3.47. The number of hydrogen-bond donors (Lipinski definition) is 2. The zero-order valence-corrected chi connectivity index (χ0v) is 18.5. The van der Waals surface area contributed by atoms with Gasteiger partial charge < -0.3 is 15.6 Å². The molecule has 0 saturated heterocycles. The van der Waals surface area contributed by atoms with Crippen molar-refractivity contribution in [3.05, 3.63) is 65.7 Å². The van der Waals surface area contributed by atoms with Crippen LogP contribution in [0.5, 0.6) is 0 Å². The van der Waals surface area contributed by atoms with Crippen LogP contribution in [0.4, 0.5) is 0 Å². The second kappa shape index (κ2) is 10.6. The summed E-state index contributed by atoms with van der Waals surface area (Å²) in [6, 6.07) is 18.8. The van der Waals surface area contributed by atoms with E-state index in [0.717, 1.165) is 47.9 Å². The van der Waals surface area contributed by atoms with E-state index >= 15 is 0 Å². The van der Waals surface area contributed by atoms with E-state index in [9.17, 15) is 4.79 Å². The van der Waals surface area contributed by atoms with Crippen LogP contribution in [0.2, 0.25) is 0 Å². The topological polar surface area (TPSA) is 85.8 Å². The van der Waals surface area contributed by atoms with Gasteiger partial charge in [0.25, 0.3) is 0 Å². The van der Waals surface area contributed by atoms with Crippen LogP contribution in [0.1, 0.15) is 36.8 Å². The van der Waals surface area contributed by atoms with Crippen LogP contribution >= 0.6 is 11.8 Å². The van der Waals surface area contributed by atoms with Crippen molar-refractivity contribution in [1.82, 2.24) is 20.1 Å². The Hall–Kier alpha value is -2.64. The molecule has 1 aliphatic carbocycles. The quantitative estimate of drug-likeness (QED) is 0.499. The molecule has 3 N–H and O–H groups in total. The third-order valence-corrected chi connectivity index (χ3v) is 6.65. The third kappa shape index (κ3) is 5.74. The number of carbonyl (C=O) groups excluding carboxylic acids is 1. The Morgan fingerprint density at radius 1 is 1.03 bits per heavy atom. The molecule has 0 unspecified atom stereocenters. The zero-order valence-electron chi connectivity index (χ0n) is 17.7. The Morgan fingerprint density at radius 3 is 2.48 bits per heavy atom. The lowest BCUT2D eigenvalue weighted by Gasteiger charge is -2.13. The second-order valence-corrected chi connectivity index (χ2v) is 8.87. The number of nitrogens with zero attached hydrogens (tertiary/aromatic N) is 3. The fraction of sp³-hybridized carbons (Fsp3) is 0.375. The molecule has 1 heterocycles. The summed E-state index contributed by atoms with van der Waals surface area (Å²) in [6.45, 7) is 1.26. The highest BCUT2D eigenvalue weighted by atomic mass is 32.2. The maximum absolute atomic E-state index is 12.4. The molecule has 0 bridgehead atoms. The lowest BCUT2D eigenvalue weighted by molar-refractivity contribution is -0.119. The summed E-state index contributed by atoms with van der Waals surface area (Å²) in [6.07, 6.45) is 5.46. The smallest absolute Gasteiger partial charge is 0.230 e. The van der Waals surface area contributed by atoms with Gasteiger partial charge in [-0.25, -0.2) is 0 Å². The minimum atomic E-state index is 0.0726. The van der Waals surface area contributed by atoms with Gasteiger partial charge in [0.05, 0.1) is 5.75 Å². The van der Waals surface area contributed by atoms with Gasteiger partial charge in [-0.1, -0.05) is 79.2 Å². The zero-order chi connectivity index (χ0) is 21.5. The van der Waals surface area contributed by atoms with Gasteiger partial charge in [0.1, 0.15) is 0 Å². The van der Waals surface area contributed by atoms with Gasteiger partial charge in [0, 0.05) is 24.7 Å². The van der Waals surface area contributed by atoms with E-state index in [4.69, 9.17) is 5.73 Å². The first-order valence-corrected chi connectivity index (χ1v) is 11.9. The molecule has 1 saturated carbocycles. The first-order valence-electron chi connectivity index (χ1n) is 10.9. The first kappa shape index (κ1) is 21.6. The molecule has 2 aromatic carbocycles. The molecule has 6 nitrogen and oxygen atoms in total. The summed E-state index contributed by atoms with van der Waals surface area (Å²) < 4.78 is 2.12. The summed E-state index contributed by atoms with van der Waals surface area (Å²) in [5.41, 5.74) is 9.08. The number of benzene rings is 2. The maximum atomic E-state index is 12.4. The Balaban J connectivity index is 1.50. The van der Waals surface area contributed by atoms with Crippen LogP contribution in [-0.4, -0.2) is 32.5 Å². The Labute approximate surface area is 187 Å². The van der Waals surface area contributed by atoms with Gasteiger partial charge >= 0.3 is 0 Å². The largest absolute Gasteiger partial charge is 0.353 e. The van der Waals surface area contributed by atoms with E-state index in [1.165, 1.54) is 30.2 Å². The highest BCUT2D eigenvalue weighted by Gasteiger charge is 2.19. The maximum Gasteiger partial charge on any atom is 0.230 e. The van der Waals surface area contributed by atoms with Crippen molar-refractivity contribution in [2.75, 3.05) is 5.75 Å². The van der Waals surface area contributed by atoms with Crippen LogP contribution in [0.3, 0.4) is 0 Å². The number of nitrogens with one attached hydrogen (secondary N) is 1. The molecular weight excluding hydrogens is 406 g/mol. The van der Waals surface area contributed by atoms with E-state index in [-0.39, 0.29) is 5.91 Å². The minimum absolute atomic E-state index is 0.0726. The van der Waals surface area contributed by atoms with Gasteiger partial charge in [0.15, 0.2) is 11.0 Å². The van der Waals surface area contributed by atoms with Gasteiger partial charge in [-0.05, 0) is 30.4 Å². The summed E-state index contributed by atoms with van der Waals surface area (Å²) in [5, 5.41) is 12.8. The van der Waals surface area contributed by atoms with Gasteiger partial charge in [0.2, 0.25) is 5.91 Å². The summed E-state index contributed by atoms with van der Waals surface area (Å²) in [7, 11) is 0. The predicted molar refractivity (Wildman–Crippen MR) is 125 cm³/mol. The number of thioether (sulfide) groups is 1. The van der Waals surface area contributed by atoms with Crippen molar-refractivity contribution in [2.45, 2.75) is 56.4 Å². The van der Waals surface area contributed by atoms with E-state index in [1.807, 2.05) is 30.3 Å². The SMILES string of the molecule is NCc1ccc(-c2nnc(SCC(=O)NC3CCCC3)n2CCc2ccccc2)cc1. The molecule has 1 aliphatic rings. The van der Waals surface area contributed by atoms with E-state index < -0.39 is 0 Å². The summed E-state index contributed by atoms with van der Waals surface area (Å²) >= 11 is 1.45. The molecule has 1 amide bonds. The van der Waals surface area contributed by atoms with Crippen molar-refractivity contribution in [3.8, 4) is 11.4 Å². The molecule has 1 aromatic heterocycles. The van der Waals surface area contributed by atoms with Gasteiger partial charge in [-0.15, -0.1) is 10.2 Å². The van der Waals surface area contributed by atoms with Crippen molar-refractivity contribution in [1.29, 1.82) is 0 Å². The van der Waals surface area contributed by atoms with E-state index in [2.05, 4.69) is 44.3 Å². The third-order valence-electron chi connectivity index (χ3n) is 5.68. The van der Waals surface area contributed by atoms with Crippen molar-refractivity contribution >= 4 is 17.7 Å². The lowest BCUT2D eigenvalue weighted by Crippen LogP contribution is -2.33. The van der Waals surface area contributed by atoms with Crippen LogP contribution in [0, 0.1) is 0 Å². The minimum Gasteiger partial charge on any atom is -0.353 e. The predicted octanol–water partition coefficient (Wildman–Crippen LogP) is 3.80. The number of aromatic nitrogens is 3. The molecule has 4 rings (SSSR count). The second-order valence-electron chi connectivity index (χ2n) is 7.93. The Morgan fingerprint density at radius 2 is 1.77 bits per heavy atom. The van der Waals surface area contributed by atoms with Crippen molar-refractivity contribution in [2.24, 2.45) is 5.73 Å². The molecule has 0 spiro atoms. The van der Waals surface area contributed by atoms with E-state index in [0.29, 0.717) is 18.3 Å². The van der Waals surface area contributed by atoms with E-state index in [1.54, 1.807) is 0 Å². The van der Waals surface area contributed by atoms with Gasteiger partial charge in [-0.3, -0.25) is 4.79 Å². The van der Waals surface area contributed by atoms with Crippen LogP contribution in [0.15, 0.2) is 59.8 Å². The number of hydrogen-bond acceptors (Lipinski definition) is 5. The molecular formula is C24H29N5OS. The highest BCUT2D eigenvalue weighted by molar-refractivity contribution is 7.99. The number of amides is 1. The molecule has 3 aromatic rings. The Kier molecular flexibility index (Phi) is 7.38. The number of rotatable bonds is 9. The monoisotopic (exact) mass is 435 g/mol. The molecule has 31 heavy (non-hydrogen) atoms. The summed E-state index contributed by atoms with van der Waals surface area (Å²) in [4.78, 5) is 12.4. The van der Waals surface area contributed by atoms with Crippen LogP contribution < -0.4 is 11.1 Å². The number of nitrogens with two attached hydrogens (primary N) is 1. The molecule has 7 heteroatoms. The molecule has 0 aliphatic heterocycles. The molecule has 0 atom stereocenters. The lowest BCUT2D eigenvalue weighted by atomic mass is 10.1. The molecule has 0 radical (unpaired) electrons. The fourth-order valence-corrected chi connectivity index (χ4v) is 4.73. The van der Waals surface area contributed by atoms with Crippen molar-refractivity contribution < 1.29 is 4.79 Å². The fourth-order valence-electron chi connectivity index (χ4n) is 3.96. The van der Waals surface area contributed by atoms with Crippen LogP contribution in [-0.2, 0) is 24.3 Å². The van der Waals surface area contributed by atoms with Gasteiger partial charge in [-0.2, -0.15) is 0 Å². The summed E-state index contributed by atoms with van der Waals surface area (Å²) in [5.74, 6) is 1.24. The first-order chi connectivity index (χ1) is 15.2. The Bertz CT molecular complexity index is 981. The van der Waals surface area contributed by atoms with Crippen molar-refractivity contribution in [3.63, 3.8) is 0 Å². The standard InChI is InChI=1S/C24H29N5OS/c25-16-19-10-12-20(13-11-19)23-27-28-24(29(23)15-14-18-6-2-1-3-7-18)31-17-22(30)26-21-8-4-5-9-21/h1-3,6-7,10-13,21H,4-5,8-9,14-17,25H2,(H,26,30). The molecule has 162 valence electrons. The average molecular weight is 436 g/mol. The number of aryl methyl sites for hydroxylation is 1. The number of carbonyl (C=O) groups is 1. The molecule has 1 fully saturated rings. The van der Waals surface area contributed by atoms with Crippen LogP contribution in [0.25, 0.3) is 11.4 Å². The normalized spacial score (nSPS) is 14.1.